The van der Waals surface area contributed by atoms with Crippen LogP contribution in [0, 0.1) is 0 Å². The van der Waals surface area contributed by atoms with E-state index in [9.17, 15) is 22.4 Å². The van der Waals surface area contributed by atoms with Crippen LogP contribution in [-0.4, -0.2) is 38.2 Å². The molecule has 0 N–H and O–H groups in total. The Kier molecular flexibility index (Phi) is 19.8. The fourth-order valence-electron chi connectivity index (χ4n) is 4.10. The zero-order chi connectivity index (χ0) is 26.6. The van der Waals surface area contributed by atoms with Gasteiger partial charge in [0.25, 0.3) is 0 Å². The number of unbranched alkanes of at least 4 members (excludes halogenated alkanes) is 10. The molecule has 0 aromatic heterocycles. The lowest BCUT2D eigenvalue weighted by Gasteiger charge is -2.17. The summed E-state index contributed by atoms with van der Waals surface area (Å²) in [6, 6.07) is 0. The second-order valence-corrected chi connectivity index (χ2v) is 12.6. The van der Waals surface area contributed by atoms with Crippen LogP contribution in [0.5, 0.6) is 0 Å². The maximum absolute atomic E-state index is 12.8. The SMILES string of the molecule is CCCCCCCCC(CCC)OS(=O)(=O)C(=[N+]=[N-])S(=O)(=O)OC(CCC)CCCCCCCC. The molecule has 0 saturated carbocycles. The summed E-state index contributed by atoms with van der Waals surface area (Å²) in [5.74, 6) is 0. The van der Waals surface area contributed by atoms with Crippen molar-refractivity contribution in [1.29, 1.82) is 0 Å². The Bertz CT molecular complexity index is 733. The Morgan fingerprint density at radius 1 is 0.571 bits per heavy atom. The highest BCUT2D eigenvalue weighted by Crippen LogP contribution is 2.21. The van der Waals surface area contributed by atoms with Gasteiger partial charge in [-0.2, -0.15) is 16.8 Å². The molecule has 0 aliphatic carbocycles. The topological polar surface area (TPSA) is 123 Å². The van der Waals surface area contributed by atoms with Gasteiger partial charge in [-0.25, -0.2) is 0 Å². The minimum atomic E-state index is -4.81. The molecule has 2 atom stereocenters. The van der Waals surface area contributed by atoms with E-state index in [1.54, 1.807) is 0 Å². The molecule has 0 amide bonds. The van der Waals surface area contributed by atoms with Gasteiger partial charge in [-0.05, 0) is 25.7 Å². The summed E-state index contributed by atoms with van der Waals surface area (Å²) in [5.41, 5.74) is 9.35. The molecule has 0 fully saturated rings. The van der Waals surface area contributed by atoms with Crippen molar-refractivity contribution >= 4 is 24.6 Å². The normalized spacial score (nSPS) is 13.9. The van der Waals surface area contributed by atoms with Crippen LogP contribution in [0.15, 0.2) is 0 Å². The first-order valence-electron chi connectivity index (χ1n) is 13.8. The zero-order valence-electron chi connectivity index (χ0n) is 22.5. The standard InChI is InChI=1S/C25H50N2O6S2/c1-5-9-11-13-15-17-21-23(19-7-3)32-34(28,29)25(27-26)35(30,31)33-24(20-8-4)22-18-16-14-12-10-6-2/h23-24H,5-22H2,1-4H3. The van der Waals surface area contributed by atoms with Crippen molar-refractivity contribution in [3.8, 4) is 0 Å². The molecule has 0 bridgehead atoms. The molecule has 0 aromatic rings. The van der Waals surface area contributed by atoms with E-state index in [1.807, 2.05) is 13.8 Å². The van der Waals surface area contributed by atoms with E-state index < -0.39 is 36.8 Å². The minimum absolute atomic E-state index is 0.463. The van der Waals surface area contributed by atoms with Crippen LogP contribution in [0.25, 0.3) is 5.53 Å². The van der Waals surface area contributed by atoms with Gasteiger partial charge in [-0.3, -0.25) is 8.37 Å². The minimum Gasteiger partial charge on any atom is -0.359 e. The molecule has 0 radical (unpaired) electrons. The monoisotopic (exact) mass is 538 g/mol. The highest BCUT2D eigenvalue weighted by Gasteiger charge is 2.46. The van der Waals surface area contributed by atoms with Crippen molar-refractivity contribution in [2.45, 2.75) is 155 Å². The fraction of sp³-hybridized carbons (Fsp3) is 0.960. The first-order chi connectivity index (χ1) is 16.7. The van der Waals surface area contributed by atoms with Crippen LogP contribution in [0.4, 0.5) is 0 Å². The lowest BCUT2D eigenvalue weighted by atomic mass is 10.0. The third-order valence-corrected chi connectivity index (χ3v) is 9.31. The van der Waals surface area contributed by atoms with E-state index in [0.29, 0.717) is 38.5 Å². The van der Waals surface area contributed by atoms with Crippen molar-refractivity contribution in [2.75, 3.05) is 0 Å². The van der Waals surface area contributed by atoms with Gasteiger partial charge < -0.3 is 5.53 Å². The van der Waals surface area contributed by atoms with Gasteiger partial charge in [-0.15, -0.1) is 4.79 Å². The van der Waals surface area contributed by atoms with Crippen LogP contribution in [0.3, 0.4) is 0 Å². The predicted octanol–water partition coefficient (Wildman–Crippen LogP) is 7.10. The Morgan fingerprint density at radius 3 is 1.23 bits per heavy atom. The van der Waals surface area contributed by atoms with Crippen molar-refractivity contribution in [2.24, 2.45) is 0 Å². The molecule has 0 heterocycles. The average molecular weight is 539 g/mol. The van der Waals surface area contributed by atoms with Crippen molar-refractivity contribution < 1.29 is 30.0 Å². The fourth-order valence-corrected chi connectivity index (χ4v) is 6.80. The van der Waals surface area contributed by atoms with E-state index in [-0.39, 0.29) is 0 Å². The second-order valence-electron chi connectivity index (χ2n) is 9.40. The largest absolute Gasteiger partial charge is 0.546 e. The van der Waals surface area contributed by atoms with Gasteiger partial charge in [0, 0.05) is 0 Å². The molecular formula is C25H50N2O6S2. The van der Waals surface area contributed by atoms with Gasteiger partial charge in [0.15, 0.2) is 0 Å². The summed E-state index contributed by atoms with van der Waals surface area (Å²) >= 11 is 0. The molecule has 10 heteroatoms. The van der Waals surface area contributed by atoms with Crippen molar-refractivity contribution in [3.63, 3.8) is 0 Å². The molecule has 208 valence electrons. The van der Waals surface area contributed by atoms with Crippen molar-refractivity contribution in [1.82, 2.24) is 0 Å². The van der Waals surface area contributed by atoms with Crippen molar-refractivity contribution in [3.05, 3.63) is 5.53 Å². The molecule has 0 aliphatic heterocycles. The summed E-state index contributed by atoms with van der Waals surface area (Å²) in [6.07, 6.45) is 14.5. The molecule has 0 aliphatic rings. The Labute approximate surface area is 215 Å². The molecule has 0 saturated heterocycles. The Morgan fingerprint density at radius 2 is 0.914 bits per heavy atom. The molecule has 35 heavy (non-hydrogen) atoms. The van der Waals surface area contributed by atoms with Crippen LogP contribution in [0.2, 0.25) is 0 Å². The highest BCUT2D eigenvalue weighted by molar-refractivity contribution is 8.27. The molecule has 0 spiro atoms. The molecule has 8 nitrogen and oxygen atoms in total. The highest BCUT2D eigenvalue weighted by atomic mass is 32.3. The maximum atomic E-state index is 12.8. The summed E-state index contributed by atoms with van der Waals surface area (Å²) < 4.78 is 60.2. The van der Waals surface area contributed by atoms with E-state index in [1.165, 1.54) is 12.8 Å². The van der Waals surface area contributed by atoms with Gasteiger partial charge in [-0.1, -0.05) is 118 Å². The predicted molar refractivity (Wildman–Crippen MR) is 142 cm³/mol. The molecular weight excluding hydrogens is 488 g/mol. The van der Waals surface area contributed by atoms with Gasteiger partial charge in [0.2, 0.25) is 0 Å². The number of rotatable bonds is 22. The number of nitrogens with zero attached hydrogens (tertiary/aromatic N) is 2. The smallest absolute Gasteiger partial charge is 0.359 e. The zero-order valence-corrected chi connectivity index (χ0v) is 24.2. The second kappa shape index (κ2) is 20.3. The first-order valence-corrected chi connectivity index (χ1v) is 16.6. The van der Waals surface area contributed by atoms with E-state index >= 15 is 0 Å². The number of hydrogen-bond donors (Lipinski definition) is 0. The molecule has 0 aromatic carbocycles. The van der Waals surface area contributed by atoms with Gasteiger partial charge in [0.05, 0.1) is 12.2 Å². The van der Waals surface area contributed by atoms with E-state index in [4.69, 9.17) is 8.37 Å². The van der Waals surface area contributed by atoms with Gasteiger partial charge in [0.1, 0.15) is 0 Å². The lowest BCUT2D eigenvalue weighted by Crippen LogP contribution is -2.34. The maximum Gasteiger partial charge on any atom is 0.546 e. The third kappa shape index (κ3) is 15.8. The van der Waals surface area contributed by atoms with Crippen LogP contribution in [0.1, 0.15) is 143 Å². The molecule has 2 unspecified atom stereocenters. The van der Waals surface area contributed by atoms with Gasteiger partial charge >= 0.3 is 24.6 Å². The Balaban J connectivity index is 5.13. The lowest BCUT2D eigenvalue weighted by molar-refractivity contribution is 0.000790. The quantitative estimate of drug-likeness (QED) is 0.0361. The van der Waals surface area contributed by atoms with Crippen LogP contribution in [-0.2, 0) is 28.6 Å². The first kappa shape index (κ1) is 34.2. The Hall–Kier alpha value is -0.800. The third-order valence-electron chi connectivity index (χ3n) is 6.02. The van der Waals surface area contributed by atoms with Crippen LogP contribution >= 0.6 is 0 Å². The summed E-state index contributed by atoms with van der Waals surface area (Å²) in [4.78, 5) is 2.61. The average Bonchev–Trinajstić information content (AvgIpc) is 2.78. The van der Waals surface area contributed by atoms with E-state index in [2.05, 4.69) is 18.6 Å². The summed E-state index contributed by atoms with van der Waals surface area (Å²) in [5, 5.41) is 0. The molecule has 0 rings (SSSR count). The summed E-state index contributed by atoms with van der Waals surface area (Å²) in [7, 11) is -9.62. The summed E-state index contributed by atoms with van der Waals surface area (Å²) in [6.45, 7) is 8.10. The number of hydrogen-bond acceptors (Lipinski definition) is 6. The van der Waals surface area contributed by atoms with Crippen LogP contribution < -0.4 is 0 Å². The van der Waals surface area contributed by atoms with E-state index in [0.717, 1.165) is 64.2 Å².